The molecule has 6 nitrogen and oxygen atoms in total. The summed E-state index contributed by atoms with van der Waals surface area (Å²) in [7, 11) is 0. The number of aromatic nitrogens is 2. The molecule has 0 spiro atoms. The highest BCUT2D eigenvalue weighted by molar-refractivity contribution is 7.98. The molecule has 1 aliphatic heterocycles. The molecule has 0 bridgehead atoms. The quantitative estimate of drug-likeness (QED) is 0.809. The van der Waals surface area contributed by atoms with Gasteiger partial charge in [-0.05, 0) is 30.9 Å². The molecule has 116 valence electrons. The molecule has 1 atom stereocenters. The van der Waals surface area contributed by atoms with Gasteiger partial charge in [0, 0.05) is 17.0 Å². The third kappa shape index (κ3) is 3.00. The van der Waals surface area contributed by atoms with Gasteiger partial charge < -0.3 is 14.2 Å². The van der Waals surface area contributed by atoms with Crippen LogP contribution in [0.25, 0.3) is 0 Å². The molecule has 1 amide bonds. The van der Waals surface area contributed by atoms with Crippen molar-refractivity contribution in [2.45, 2.75) is 17.9 Å². The van der Waals surface area contributed by atoms with E-state index in [1.54, 1.807) is 16.7 Å². The maximum atomic E-state index is 12.8. The lowest BCUT2D eigenvalue weighted by atomic mass is 10.1. The van der Waals surface area contributed by atoms with Crippen molar-refractivity contribution in [3.05, 3.63) is 41.5 Å². The maximum Gasteiger partial charge on any atom is 0.254 e. The van der Waals surface area contributed by atoms with Crippen LogP contribution in [0.2, 0.25) is 0 Å². The molecule has 1 saturated heterocycles. The average Bonchev–Trinajstić information content (AvgIpc) is 3.09. The van der Waals surface area contributed by atoms with Crippen LogP contribution in [0.1, 0.15) is 27.8 Å². The van der Waals surface area contributed by atoms with Gasteiger partial charge in [0.2, 0.25) is 12.2 Å². The van der Waals surface area contributed by atoms with Crippen LogP contribution in [0, 0.1) is 6.92 Å². The first-order chi connectivity index (χ1) is 10.7. The molecular weight excluding hydrogens is 302 g/mol. The predicted molar refractivity (Wildman–Crippen MR) is 81.9 cm³/mol. The summed E-state index contributed by atoms with van der Waals surface area (Å²) < 4.78 is 10.4. The van der Waals surface area contributed by atoms with E-state index in [1.807, 2.05) is 31.4 Å². The minimum absolute atomic E-state index is 0.0187. The number of benzene rings is 1. The SMILES string of the molecule is CSc1ccc(C)c(C(=O)N2CCO[C@@H](c3ncon3)C2)c1. The highest BCUT2D eigenvalue weighted by atomic mass is 32.2. The van der Waals surface area contributed by atoms with Crippen molar-refractivity contribution in [3.63, 3.8) is 0 Å². The Morgan fingerprint density at radius 2 is 2.32 bits per heavy atom. The van der Waals surface area contributed by atoms with E-state index in [0.717, 1.165) is 16.0 Å². The Bertz CT molecular complexity index is 660. The van der Waals surface area contributed by atoms with Crippen molar-refractivity contribution in [3.8, 4) is 0 Å². The molecule has 2 aromatic rings. The van der Waals surface area contributed by atoms with Gasteiger partial charge in [-0.3, -0.25) is 4.79 Å². The van der Waals surface area contributed by atoms with Gasteiger partial charge in [-0.15, -0.1) is 11.8 Å². The van der Waals surface area contributed by atoms with E-state index >= 15 is 0 Å². The summed E-state index contributed by atoms with van der Waals surface area (Å²) in [5.41, 5.74) is 1.71. The standard InChI is InChI=1S/C15H17N3O3S/c1-10-3-4-11(22-2)7-12(10)15(19)18-5-6-20-13(8-18)14-16-9-21-17-14/h3-4,7,9,13H,5-6,8H2,1-2H3/t13-/m1/s1. The molecule has 1 aromatic carbocycles. The van der Waals surface area contributed by atoms with E-state index < -0.39 is 0 Å². The Kier molecular flexibility index (Phi) is 4.44. The van der Waals surface area contributed by atoms with Gasteiger partial charge >= 0.3 is 0 Å². The molecule has 2 heterocycles. The van der Waals surface area contributed by atoms with Crippen molar-refractivity contribution in [1.82, 2.24) is 15.0 Å². The van der Waals surface area contributed by atoms with Crippen LogP contribution in [0.3, 0.4) is 0 Å². The zero-order chi connectivity index (χ0) is 15.5. The number of hydrogen-bond donors (Lipinski definition) is 0. The monoisotopic (exact) mass is 319 g/mol. The fourth-order valence-corrected chi connectivity index (χ4v) is 2.88. The molecule has 0 unspecified atom stereocenters. The van der Waals surface area contributed by atoms with Crippen molar-refractivity contribution in [2.24, 2.45) is 0 Å². The molecule has 7 heteroatoms. The predicted octanol–water partition coefficient (Wildman–Crippen LogP) is 2.31. The summed E-state index contributed by atoms with van der Waals surface area (Å²) in [5, 5.41) is 3.80. The van der Waals surface area contributed by atoms with E-state index in [0.29, 0.717) is 25.5 Å². The Balaban J connectivity index is 1.80. The third-order valence-corrected chi connectivity index (χ3v) is 4.42. The van der Waals surface area contributed by atoms with Gasteiger partial charge in [-0.25, -0.2) is 0 Å². The summed E-state index contributed by atoms with van der Waals surface area (Å²) in [6.07, 6.45) is 2.94. The number of carbonyl (C=O) groups excluding carboxylic acids is 1. The lowest BCUT2D eigenvalue weighted by molar-refractivity contribution is -0.0276. The Labute approximate surface area is 132 Å². The van der Waals surface area contributed by atoms with Gasteiger partial charge in [-0.1, -0.05) is 11.2 Å². The van der Waals surface area contributed by atoms with Crippen LogP contribution in [-0.4, -0.2) is 46.9 Å². The van der Waals surface area contributed by atoms with E-state index in [-0.39, 0.29) is 12.0 Å². The van der Waals surface area contributed by atoms with Gasteiger partial charge in [0.05, 0.1) is 13.2 Å². The summed E-state index contributed by atoms with van der Waals surface area (Å²) in [6, 6.07) is 5.95. The second kappa shape index (κ2) is 6.50. The van der Waals surface area contributed by atoms with Crippen molar-refractivity contribution in [1.29, 1.82) is 0 Å². The van der Waals surface area contributed by atoms with Gasteiger partial charge in [0.1, 0.15) is 6.10 Å². The van der Waals surface area contributed by atoms with Crippen LogP contribution >= 0.6 is 11.8 Å². The normalized spacial score (nSPS) is 18.5. The molecule has 0 saturated carbocycles. The van der Waals surface area contributed by atoms with Crippen molar-refractivity contribution >= 4 is 17.7 Å². The fraction of sp³-hybridized carbons (Fsp3) is 0.400. The molecule has 1 fully saturated rings. The number of ether oxygens (including phenoxy) is 1. The topological polar surface area (TPSA) is 68.5 Å². The summed E-state index contributed by atoms with van der Waals surface area (Å²) in [4.78, 5) is 19.7. The summed E-state index contributed by atoms with van der Waals surface area (Å²) in [5.74, 6) is 0.497. The highest BCUT2D eigenvalue weighted by Crippen LogP contribution is 2.24. The van der Waals surface area contributed by atoms with Crippen LogP contribution in [0.4, 0.5) is 0 Å². The van der Waals surface area contributed by atoms with Crippen LogP contribution in [-0.2, 0) is 4.74 Å². The number of thioether (sulfide) groups is 1. The molecule has 3 rings (SSSR count). The van der Waals surface area contributed by atoms with Crippen LogP contribution in [0.5, 0.6) is 0 Å². The van der Waals surface area contributed by atoms with Crippen molar-refractivity contribution < 1.29 is 14.1 Å². The number of morpholine rings is 1. The minimum atomic E-state index is -0.333. The number of rotatable bonds is 3. The molecule has 1 aromatic heterocycles. The average molecular weight is 319 g/mol. The van der Waals surface area contributed by atoms with Crippen LogP contribution < -0.4 is 0 Å². The second-order valence-electron chi connectivity index (χ2n) is 5.08. The lowest BCUT2D eigenvalue weighted by Gasteiger charge is -2.31. The molecule has 0 radical (unpaired) electrons. The maximum absolute atomic E-state index is 12.8. The van der Waals surface area contributed by atoms with Gasteiger partial charge in [0.15, 0.2) is 0 Å². The fourth-order valence-electron chi connectivity index (χ4n) is 2.44. The molecular formula is C15H17N3O3S. The first kappa shape index (κ1) is 15.1. The Morgan fingerprint density at radius 3 is 3.05 bits per heavy atom. The third-order valence-electron chi connectivity index (χ3n) is 3.70. The van der Waals surface area contributed by atoms with Crippen molar-refractivity contribution in [2.75, 3.05) is 26.0 Å². The minimum Gasteiger partial charge on any atom is -0.366 e. The zero-order valence-electron chi connectivity index (χ0n) is 12.5. The van der Waals surface area contributed by atoms with Gasteiger partial charge in [0.25, 0.3) is 5.91 Å². The number of nitrogens with zero attached hydrogens (tertiary/aromatic N) is 3. The van der Waals surface area contributed by atoms with E-state index in [4.69, 9.17) is 9.26 Å². The highest BCUT2D eigenvalue weighted by Gasteiger charge is 2.29. The largest absolute Gasteiger partial charge is 0.366 e. The van der Waals surface area contributed by atoms with E-state index in [2.05, 4.69) is 10.1 Å². The molecule has 0 aliphatic carbocycles. The number of amides is 1. The summed E-state index contributed by atoms with van der Waals surface area (Å²) in [6.45, 7) is 3.41. The second-order valence-corrected chi connectivity index (χ2v) is 5.96. The zero-order valence-corrected chi connectivity index (χ0v) is 13.3. The number of aryl methyl sites for hydroxylation is 1. The molecule has 0 N–H and O–H groups in total. The van der Waals surface area contributed by atoms with E-state index in [9.17, 15) is 4.79 Å². The summed E-state index contributed by atoms with van der Waals surface area (Å²) >= 11 is 1.63. The molecule has 1 aliphatic rings. The lowest BCUT2D eigenvalue weighted by Crippen LogP contribution is -2.42. The van der Waals surface area contributed by atoms with Crippen LogP contribution in [0.15, 0.2) is 34.0 Å². The number of carbonyl (C=O) groups is 1. The molecule has 22 heavy (non-hydrogen) atoms. The first-order valence-electron chi connectivity index (χ1n) is 7.01. The smallest absolute Gasteiger partial charge is 0.254 e. The Morgan fingerprint density at radius 1 is 1.45 bits per heavy atom. The van der Waals surface area contributed by atoms with Gasteiger partial charge in [-0.2, -0.15) is 4.98 Å². The first-order valence-corrected chi connectivity index (χ1v) is 8.23. The van der Waals surface area contributed by atoms with E-state index in [1.165, 1.54) is 6.39 Å². The number of hydrogen-bond acceptors (Lipinski definition) is 6. The Hall–Kier alpha value is -1.86.